The number of carbonyl (C=O) groups excluding carboxylic acids is 2. The second-order valence-electron chi connectivity index (χ2n) is 9.72. The van der Waals surface area contributed by atoms with Gasteiger partial charge >= 0.3 is 6.09 Å². The van der Waals surface area contributed by atoms with Crippen LogP contribution in [-0.4, -0.2) is 48.0 Å². The van der Waals surface area contributed by atoms with Crippen LogP contribution in [0.5, 0.6) is 0 Å². The van der Waals surface area contributed by atoms with E-state index >= 15 is 0 Å². The van der Waals surface area contributed by atoms with Gasteiger partial charge in [0.05, 0.1) is 6.54 Å². The zero-order chi connectivity index (χ0) is 25.6. The van der Waals surface area contributed by atoms with Gasteiger partial charge in [0.15, 0.2) is 0 Å². The number of carbonyl (C=O) groups is 2. The SMILES string of the molecule is Cc1cc(C(=O)N2CCCC2)c(C)cc1C#CCNc1ccc(C(=N)NC(=O)OC(C)(C)C)cc1. The van der Waals surface area contributed by atoms with Crippen LogP contribution in [0.2, 0.25) is 0 Å². The van der Waals surface area contributed by atoms with E-state index in [2.05, 4.69) is 22.5 Å². The summed E-state index contributed by atoms with van der Waals surface area (Å²) in [4.78, 5) is 26.5. The quantitative estimate of drug-likeness (QED) is 0.335. The molecule has 2 amide bonds. The van der Waals surface area contributed by atoms with E-state index in [4.69, 9.17) is 10.1 Å². The van der Waals surface area contributed by atoms with Crippen molar-refractivity contribution in [2.45, 2.75) is 53.1 Å². The van der Waals surface area contributed by atoms with Crippen molar-refractivity contribution in [1.82, 2.24) is 10.2 Å². The highest BCUT2D eigenvalue weighted by Crippen LogP contribution is 2.20. The Balaban J connectivity index is 1.55. The third-order valence-electron chi connectivity index (χ3n) is 5.60. The van der Waals surface area contributed by atoms with Crippen LogP contribution in [0.15, 0.2) is 36.4 Å². The van der Waals surface area contributed by atoms with E-state index < -0.39 is 11.7 Å². The number of alkyl carbamates (subject to hydrolysis) is 1. The van der Waals surface area contributed by atoms with Crippen molar-refractivity contribution in [3.8, 4) is 11.8 Å². The first kappa shape index (κ1) is 25.8. The largest absolute Gasteiger partial charge is 0.444 e. The van der Waals surface area contributed by atoms with Crippen molar-refractivity contribution in [2.75, 3.05) is 25.0 Å². The molecule has 7 nitrogen and oxygen atoms in total. The number of nitrogens with zero attached hydrogens (tertiary/aromatic N) is 1. The molecule has 0 atom stereocenters. The molecule has 0 radical (unpaired) electrons. The van der Waals surface area contributed by atoms with Crippen LogP contribution >= 0.6 is 0 Å². The van der Waals surface area contributed by atoms with E-state index in [0.29, 0.717) is 12.1 Å². The van der Waals surface area contributed by atoms with Crippen LogP contribution < -0.4 is 10.6 Å². The molecule has 0 aromatic heterocycles. The maximum atomic E-state index is 12.8. The Bertz CT molecular complexity index is 1160. The fourth-order valence-electron chi connectivity index (χ4n) is 3.79. The number of hydrogen-bond donors (Lipinski definition) is 3. The van der Waals surface area contributed by atoms with Crippen LogP contribution in [-0.2, 0) is 4.74 Å². The Labute approximate surface area is 207 Å². The van der Waals surface area contributed by atoms with Crippen LogP contribution in [0.4, 0.5) is 10.5 Å². The van der Waals surface area contributed by atoms with E-state index in [1.54, 1.807) is 32.9 Å². The number of ether oxygens (including phenoxy) is 1. The molecule has 184 valence electrons. The molecule has 1 saturated heterocycles. The summed E-state index contributed by atoms with van der Waals surface area (Å²) in [7, 11) is 0. The number of hydrogen-bond acceptors (Lipinski definition) is 5. The lowest BCUT2D eigenvalue weighted by Gasteiger charge is -2.19. The predicted molar refractivity (Wildman–Crippen MR) is 139 cm³/mol. The molecule has 35 heavy (non-hydrogen) atoms. The molecule has 7 heteroatoms. The van der Waals surface area contributed by atoms with Gasteiger partial charge in [-0.05, 0) is 95.0 Å². The van der Waals surface area contributed by atoms with Gasteiger partial charge in [-0.2, -0.15) is 0 Å². The summed E-state index contributed by atoms with van der Waals surface area (Å²) in [5, 5.41) is 13.7. The number of nitrogens with one attached hydrogen (secondary N) is 3. The highest BCUT2D eigenvalue weighted by Gasteiger charge is 2.21. The third kappa shape index (κ3) is 7.35. The molecular weight excluding hydrogens is 440 g/mol. The molecule has 1 fully saturated rings. The maximum absolute atomic E-state index is 12.8. The van der Waals surface area contributed by atoms with Gasteiger partial charge in [0.2, 0.25) is 0 Å². The van der Waals surface area contributed by atoms with Gasteiger partial charge in [0.1, 0.15) is 11.4 Å². The summed E-state index contributed by atoms with van der Waals surface area (Å²) in [5.74, 6) is 6.42. The van der Waals surface area contributed by atoms with Gasteiger partial charge in [-0.1, -0.05) is 11.8 Å². The zero-order valence-corrected chi connectivity index (χ0v) is 21.2. The Morgan fingerprint density at radius 3 is 2.34 bits per heavy atom. The average Bonchev–Trinajstić information content (AvgIpc) is 3.32. The lowest BCUT2D eigenvalue weighted by molar-refractivity contribution is 0.0562. The molecule has 0 aliphatic carbocycles. The van der Waals surface area contributed by atoms with Crippen molar-refractivity contribution in [1.29, 1.82) is 5.41 Å². The number of likely N-dealkylation sites (tertiary alicyclic amines) is 1. The lowest BCUT2D eigenvalue weighted by atomic mass is 9.99. The van der Waals surface area contributed by atoms with E-state index in [1.165, 1.54) is 0 Å². The van der Waals surface area contributed by atoms with Gasteiger partial charge < -0.3 is 15.0 Å². The van der Waals surface area contributed by atoms with Crippen molar-refractivity contribution in [3.05, 3.63) is 64.2 Å². The molecule has 3 rings (SSSR count). The smallest absolute Gasteiger partial charge is 0.413 e. The summed E-state index contributed by atoms with van der Waals surface area (Å²) in [6.45, 7) is 11.4. The van der Waals surface area contributed by atoms with E-state index in [0.717, 1.165) is 53.9 Å². The van der Waals surface area contributed by atoms with Gasteiger partial charge in [-0.15, -0.1) is 0 Å². The van der Waals surface area contributed by atoms with Crippen molar-refractivity contribution >= 4 is 23.5 Å². The number of amides is 2. The van der Waals surface area contributed by atoms with Gasteiger partial charge in [-0.3, -0.25) is 15.5 Å². The Morgan fingerprint density at radius 2 is 1.71 bits per heavy atom. The Hall–Kier alpha value is -3.79. The van der Waals surface area contributed by atoms with Crippen LogP contribution in [0.25, 0.3) is 0 Å². The summed E-state index contributed by atoms with van der Waals surface area (Å²) in [5.41, 5.74) is 4.42. The molecule has 3 N–H and O–H groups in total. The minimum Gasteiger partial charge on any atom is -0.444 e. The summed E-state index contributed by atoms with van der Waals surface area (Å²) in [6.07, 6.45) is 1.50. The fraction of sp³-hybridized carbons (Fsp3) is 0.393. The highest BCUT2D eigenvalue weighted by atomic mass is 16.6. The highest BCUT2D eigenvalue weighted by molar-refractivity contribution is 6.04. The third-order valence-corrected chi connectivity index (χ3v) is 5.60. The van der Waals surface area contributed by atoms with Crippen LogP contribution in [0.3, 0.4) is 0 Å². The Kier molecular flexibility index (Phi) is 8.18. The standard InChI is InChI=1S/C28H34N4O3/c1-19-18-24(26(33)32-15-6-7-16-32)20(2)17-22(19)9-8-14-30-23-12-10-21(11-13-23)25(29)31-27(34)35-28(3,4)5/h10-13,17-18,30H,6-7,14-16H2,1-5H3,(H2,29,31,34). The Morgan fingerprint density at radius 1 is 1.06 bits per heavy atom. The second-order valence-corrected chi connectivity index (χ2v) is 9.72. The summed E-state index contributed by atoms with van der Waals surface area (Å²) >= 11 is 0. The number of amidine groups is 1. The van der Waals surface area contributed by atoms with E-state index in [1.807, 2.05) is 43.0 Å². The summed E-state index contributed by atoms with van der Waals surface area (Å²) < 4.78 is 5.18. The van der Waals surface area contributed by atoms with Crippen molar-refractivity contribution < 1.29 is 14.3 Å². The molecule has 0 spiro atoms. The topological polar surface area (TPSA) is 94.5 Å². The van der Waals surface area contributed by atoms with Crippen LogP contribution in [0.1, 0.15) is 66.2 Å². The van der Waals surface area contributed by atoms with Gasteiger partial charge in [0.25, 0.3) is 5.91 Å². The number of rotatable bonds is 4. The first-order valence-corrected chi connectivity index (χ1v) is 11.9. The number of aryl methyl sites for hydroxylation is 2. The molecular formula is C28H34N4O3. The molecule has 0 unspecified atom stereocenters. The molecule has 1 aliphatic heterocycles. The van der Waals surface area contributed by atoms with Gasteiger partial charge in [0, 0.05) is 35.5 Å². The van der Waals surface area contributed by atoms with Crippen LogP contribution in [0, 0.1) is 31.1 Å². The second kappa shape index (κ2) is 11.1. The van der Waals surface area contributed by atoms with Crippen molar-refractivity contribution in [2.24, 2.45) is 0 Å². The zero-order valence-electron chi connectivity index (χ0n) is 21.2. The molecule has 0 bridgehead atoms. The van der Waals surface area contributed by atoms with E-state index in [-0.39, 0.29) is 11.7 Å². The lowest BCUT2D eigenvalue weighted by Crippen LogP contribution is -2.36. The first-order chi connectivity index (χ1) is 16.5. The maximum Gasteiger partial charge on any atom is 0.413 e. The molecule has 1 heterocycles. The minimum absolute atomic E-state index is 0.0249. The van der Waals surface area contributed by atoms with Gasteiger partial charge in [-0.25, -0.2) is 4.79 Å². The molecule has 2 aromatic carbocycles. The fourth-order valence-corrected chi connectivity index (χ4v) is 3.79. The molecule has 1 aliphatic rings. The average molecular weight is 475 g/mol. The number of anilines is 1. The summed E-state index contributed by atoms with van der Waals surface area (Å²) in [6, 6.07) is 11.1. The molecule has 0 saturated carbocycles. The molecule has 2 aromatic rings. The first-order valence-electron chi connectivity index (χ1n) is 11.9. The van der Waals surface area contributed by atoms with E-state index in [9.17, 15) is 9.59 Å². The normalized spacial score (nSPS) is 13.0. The number of benzene rings is 2. The monoisotopic (exact) mass is 474 g/mol. The van der Waals surface area contributed by atoms with Crippen molar-refractivity contribution in [3.63, 3.8) is 0 Å². The minimum atomic E-state index is -0.654. The predicted octanol–water partition coefficient (Wildman–Crippen LogP) is 4.85.